The molecule has 31 heavy (non-hydrogen) atoms. The Bertz CT molecular complexity index is 1070. The highest BCUT2D eigenvalue weighted by Crippen LogP contribution is 2.29. The van der Waals surface area contributed by atoms with Crippen LogP contribution in [0, 0.1) is 0 Å². The molecule has 0 bridgehead atoms. The Morgan fingerprint density at radius 1 is 1.29 bits per heavy atom. The van der Waals surface area contributed by atoms with Gasteiger partial charge in [0.15, 0.2) is 6.10 Å². The summed E-state index contributed by atoms with van der Waals surface area (Å²) in [5.74, 6) is -1.80. The number of aromatic carboxylic acids is 1. The van der Waals surface area contributed by atoms with Gasteiger partial charge in [0, 0.05) is 0 Å². The largest absolute Gasteiger partial charge is 0.478 e. The zero-order valence-electron chi connectivity index (χ0n) is 16.4. The molecule has 168 valence electrons. The average molecular weight is 475 g/mol. The van der Waals surface area contributed by atoms with Crippen molar-refractivity contribution < 1.29 is 41.8 Å². The molecule has 1 aromatic carbocycles. The number of carboxylic acid groups (broad SMARTS) is 1. The Morgan fingerprint density at radius 2 is 2.00 bits per heavy atom. The van der Waals surface area contributed by atoms with Gasteiger partial charge in [-0.25, -0.2) is 27.5 Å². The summed E-state index contributed by atoms with van der Waals surface area (Å²) in [6.45, 7) is 2.90. The summed E-state index contributed by atoms with van der Waals surface area (Å²) >= 11 is 6.03. The third-order valence-corrected chi connectivity index (χ3v) is 5.52. The number of halogens is 1. The van der Waals surface area contributed by atoms with Crippen LogP contribution in [0.25, 0.3) is 0 Å². The topological polar surface area (TPSA) is 161 Å². The van der Waals surface area contributed by atoms with Crippen molar-refractivity contribution in [3.63, 3.8) is 0 Å². The molecule has 0 unspecified atom stereocenters. The third-order valence-electron chi connectivity index (χ3n) is 3.75. The number of carbonyl (C=O) groups excluding carboxylic acids is 2. The van der Waals surface area contributed by atoms with Gasteiger partial charge in [0.2, 0.25) is 0 Å². The minimum Gasteiger partial charge on any atom is -0.478 e. The first-order chi connectivity index (χ1) is 14.5. The van der Waals surface area contributed by atoms with Crippen LogP contribution in [0.2, 0.25) is 5.02 Å². The van der Waals surface area contributed by atoms with Gasteiger partial charge in [-0.1, -0.05) is 11.6 Å². The number of amides is 1. The van der Waals surface area contributed by atoms with Gasteiger partial charge in [0.25, 0.3) is 10.0 Å². The van der Waals surface area contributed by atoms with E-state index in [1.165, 1.54) is 13.2 Å². The van der Waals surface area contributed by atoms with Crippen LogP contribution in [0.15, 0.2) is 39.8 Å². The number of hydrogen-bond acceptors (Lipinski definition) is 9. The first-order valence-corrected chi connectivity index (χ1v) is 10.6. The fourth-order valence-corrected chi connectivity index (χ4v) is 3.77. The molecule has 1 aromatic heterocycles. The van der Waals surface area contributed by atoms with E-state index in [1.54, 1.807) is 23.8 Å². The lowest BCUT2D eigenvalue weighted by Crippen LogP contribution is -2.36. The molecule has 13 heteroatoms. The number of carboxylic acids is 1. The number of carbonyl (C=O) groups is 3. The second-order valence-electron chi connectivity index (χ2n) is 5.97. The second kappa shape index (κ2) is 10.2. The maximum atomic E-state index is 12.5. The minimum absolute atomic E-state index is 0.0337. The maximum absolute atomic E-state index is 12.5. The monoisotopic (exact) mass is 474 g/mol. The highest BCUT2D eigenvalue weighted by molar-refractivity contribution is 7.90. The summed E-state index contributed by atoms with van der Waals surface area (Å²) in [6.07, 6.45) is -1.40. The van der Waals surface area contributed by atoms with Gasteiger partial charge in [-0.05, 0) is 38.1 Å². The fraction of sp³-hybridized carbons (Fsp3) is 0.278. The molecule has 0 saturated carbocycles. The summed E-state index contributed by atoms with van der Waals surface area (Å²) in [4.78, 5) is 34.3. The normalized spacial score (nSPS) is 12.0. The quantitative estimate of drug-likeness (QED) is 0.460. The van der Waals surface area contributed by atoms with Crippen LogP contribution in [-0.4, -0.2) is 44.3 Å². The lowest BCUT2D eigenvalue weighted by Gasteiger charge is -2.15. The predicted molar refractivity (Wildman–Crippen MR) is 107 cm³/mol. The molecule has 2 rings (SSSR count). The molecule has 11 nitrogen and oxygen atoms in total. The number of anilines is 1. The van der Waals surface area contributed by atoms with Crippen molar-refractivity contribution in [1.29, 1.82) is 0 Å². The Balaban J connectivity index is 2.23. The molecule has 2 aromatic rings. The van der Waals surface area contributed by atoms with Crippen molar-refractivity contribution in [3.8, 4) is 0 Å². The van der Waals surface area contributed by atoms with E-state index in [-0.39, 0.29) is 23.9 Å². The number of esters is 1. The molecule has 0 aliphatic heterocycles. The molecular formula is C18H19ClN2O9S. The molecule has 0 saturated heterocycles. The smallest absolute Gasteiger partial charge is 0.422 e. The van der Waals surface area contributed by atoms with Gasteiger partial charge in [-0.15, -0.1) is 0 Å². The Labute approximate surface area is 182 Å². The number of benzene rings is 1. The van der Waals surface area contributed by atoms with Crippen LogP contribution in [0.5, 0.6) is 0 Å². The van der Waals surface area contributed by atoms with Gasteiger partial charge in [0.1, 0.15) is 10.7 Å². The fourth-order valence-electron chi connectivity index (χ4n) is 2.34. The Morgan fingerprint density at radius 3 is 2.58 bits per heavy atom. The van der Waals surface area contributed by atoms with E-state index in [1.807, 2.05) is 0 Å². The zero-order valence-corrected chi connectivity index (χ0v) is 18.0. The van der Waals surface area contributed by atoms with Gasteiger partial charge < -0.3 is 24.3 Å². The van der Waals surface area contributed by atoms with Crippen LogP contribution in [0.1, 0.15) is 30.0 Å². The summed E-state index contributed by atoms with van der Waals surface area (Å²) in [6, 6.07) is 5.18. The number of hydrogen-bond donors (Lipinski definition) is 3. The van der Waals surface area contributed by atoms with Crippen LogP contribution in [0.3, 0.4) is 0 Å². The lowest BCUT2D eigenvalue weighted by molar-refractivity contribution is -0.152. The highest BCUT2D eigenvalue weighted by atomic mass is 35.5. The molecule has 0 aliphatic carbocycles. The zero-order chi connectivity index (χ0) is 23.2. The van der Waals surface area contributed by atoms with Crippen molar-refractivity contribution in [3.05, 3.63) is 46.9 Å². The van der Waals surface area contributed by atoms with E-state index >= 15 is 0 Å². The molecule has 0 spiro atoms. The van der Waals surface area contributed by atoms with E-state index in [4.69, 9.17) is 16.0 Å². The standard InChI is InChI=1S/C18H19ClN2O9S/c1-3-28-17(24)10(2)30-18(25)21-31(26,27)15-7-12(16(22)23)14(8-13(15)19)20-9-11-5-4-6-29-11/h4-8,10,20H,3,9H2,1-2H3,(H,21,25)(H,22,23)/t10-/m0/s1. The number of sulfonamides is 1. The van der Waals surface area contributed by atoms with Crippen molar-refractivity contribution in [2.45, 2.75) is 31.4 Å². The van der Waals surface area contributed by atoms with Crippen LogP contribution in [-0.2, 0) is 30.8 Å². The molecule has 0 fully saturated rings. The van der Waals surface area contributed by atoms with Gasteiger partial charge in [-0.2, -0.15) is 0 Å². The molecule has 1 amide bonds. The lowest BCUT2D eigenvalue weighted by atomic mass is 10.1. The van der Waals surface area contributed by atoms with E-state index in [2.05, 4.69) is 14.8 Å². The Kier molecular flexibility index (Phi) is 7.89. The number of nitrogens with one attached hydrogen (secondary N) is 2. The summed E-state index contributed by atoms with van der Waals surface area (Å²) < 4.78 is 41.1. The molecule has 0 aliphatic rings. The van der Waals surface area contributed by atoms with E-state index in [0.717, 1.165) is 12.1 Å². The summed E-state index contributed by atoms with van der Waals surface area (Å²) in [5.41, 5.74) is -0.379. The SMILES string of the molecule is CCOC(=O)[C@H](C)OC(=O)NS(=O)(=O)c1cc(C(=O)O)c(NCc2ccco2)cc1Cl. The van der Waals surface area contributed by atoms with E-state index < -0.39 is 44.6 Å². The van der Waals surface area contributed by atoms with Gasteiger partial charge >= 0.3 is 18.0 Å². The minimum atomic E-state index is -4.62. The predicted octanol–water partition coefficient (Wildman–Crippen LogP) is 2.61. The van der Waals surface area contributed by atoms with Crippen molar-refractivity contribution in [2.75, 3.05) is 11.9 Å². The molecule has 3 N–H and O–H groups in total. The first-order valence-electron chi connectivity index (χ1n) is 8.78. The Hall–Kier alpha value is -3.25. The maximum Gasteiger partial charge on any atom is 0.422 e. The third kappa shape index (κ3) is 6.36. The van der Waals surface area contributed by atoms with Crippen LogP contribution in [0.4, 0.5) is 10.5 Å². The van der Waals surface area contributed by atoms with Gasteiger partial charge in [0.05, 0.1) is 35.7 Å². The summed E-state index contributed by atoms with van der Waals surface area (Å²) in [7, 11) is -4.62. The molecule has 0 radical (unpaired) electrons. The van der Waals surface area contributed by atoms with Crippen molar-refractivity contribution in [2.24, 2.45) is 0 Å². The average Bonchev–Trinajstić information content (AvgIpc) is 3.19. The van der Waals surface area contributed by atoms with Crippen LogP contribution >= 0.6 is 11.6 Å². The van der Waals surface area contributed by atoms with E-state index in [9.17, 15) is 27.9 Å². The van der Waals surface area contributed by atoms with Gasteiger partial charge in [-0.3, -0.25) is 0 Å². The molecular weight excluding hydrogens is 456 g/mol. The summed E-state index contributed by atoms with van der Waals surface area (Å²) in [5, 5.41) is 11.9. The number of furan rings is 1. The number of rotatable bonds is 9. The first kappa shape index (κ1) is 24.0. The van der Waals surface area contributed by atoms with Crippen molar-refractivity contribution >= 4 is 45.3 Å². The van der Waals surface area contributed by atoms with Crippen molar-refractivity contribution in [1.82, 2.24) is 4.72 Å². The molecule has 1 atom stereocenters. The molecule has 1 heterocycles. The van der Waals surface area contributed by atoms with Crippen LogP contribution < -0.4 is 10.0 Å². The second-order valence-corrected chi connectivity index (χ2v) is 8.03. The number of ether oxygens (including phenoxy) is 2. The van der Waals surface area contributed by atoms with E-state index in [0.29, 0.717) is 5.76 Å². The highest BCUT2D eigenvalue weighted by Gasteiger charge is 2.27.